The second-order valence-electron chi connectivity index (χ2n) is 3.45. The molecule has 0 aliphatic rings. The third kappa shape index (κ3) is 2.83. The van der Waals surface area contributed by atoms with Gasteiger partial charge in [0.05, 0.1) is 11.1 Å². The van der Waals surface area contributed by atoms with Crippen molar-refractivity contribution in [3.8, 4) is 0 Å². The fourth-order valence-corrected chi connectivity index (χ4v) is 1.56. The van der Waals surface area contributed by atoms with E-state index in [0.29, 0.717) is 6.07 Å². The SMILES string of the molecule is CCc1cc(N)cc(C(F)(F)F)c1C(F)(F)F. The topological polar surface area (TPSA) is 26.0 Å². The molecule has 96 valence electrons. The quantitative estimate of drug-likeness (QED) is 0.599. The molecule has 0 aliphatic carbocycles. The van der Waals surface area contributed by atoms with Crippen LogP contribution in [0.1, 0.15) is 23.6 Å². The lowest BCUT2D eigenvalue weighted by atomic mass is 9.97. The molecule has 0 spiro atoms. The van der Waals surface area contributed by atoms with E-state index in [-0.39, 0.29) is 12.1 Å². The summed E-state index contributed by atoms with van der Waals surface area (Å²) in [7, 11) is 0. The van der Waals surface area contributed by atoms with E-state index in [1.54, 1.807) is 0 Å². The van der Waals surface area contributed by atoms with E-state index >= 15 is 0 Å². The Hall–Kier alpha value is -1.40. The van der Waals surface area contributed by atoms with Crippen LogP contribution in [0.3, 0.4) is 0 Å². The molecule has 0 atom stereocenters. The Morgan fingerprint density at radius 3 is 1.88 bits per heavy atom. The van der Waals surface area contributed by atoms with Crippen molar-refractivity contribution in [3.05, 3.63) is 28.8 Å². The van der Waals surface area contributed by atoms with E-state index in [0.717, 1.165) is 6.07 Å². The average Bonchev–Trinajstić information content (AvgIpc) is 2.12. The van der Waals surface area contributed by atoms with Gasteiger partial charge in [-0.3, -0.25) is 0 Å². The third-order valence-corrected chi connectivity index (χ3v) is 2.21. The maximum absolute atomic E-state index is 12.6. The van der Waals surface area contributed by atoms with Crippen LogP contribution in [0, 0.1) is 0 Å². The molecule has 0 heterocycles. The van der Waals surface area contributed by atoms with Gasteiger partial charge in [-0.1, -0.05) is 6.92 Å². The smallest absolute Gasteiger partial charge is 0.399 e. The van der Waals surface area contributed by atoms with Gasteiger partial charge in [-0.25, -0.2) is 0 Å². The summed E-state index contributed by atoms with van der Waals surface area (Å²) in [5, 5.41) is 0. The molecular formula is C10H9F6N. The summed E-state index contributed by atoms with van der Waals surface area (Å²) < 4.78 is 75.4. The van der Waals surface area contributed by atoms with Crippen molar-refractivity contribution in [1.29, 1.82) is 0 Å². The van der Waals surface area contributed by atoms with Crippen LogP contribution in [0.2, 0.25) is 0 Å². The molecule has 0 radical (unpaired) electrons. The molecule has 0 fully saturated rings. The Bertz CT molecular complexity index is 418. The number of nitrogen functional groups attached to an aromatic ring is 1. The molecule has 0 saturated carbocycles. The predicted octanol–water partition coefficient (Wildman–Crippen LogP) is 3.87. The molecule has 17 heavy (non-hydrogen) atoms. The van der Waals surface area contributed by atoms with Crippen molar-refractivity contribution in [2.24, 2.45) is 0 Å². The Morgan fingerprint density at radius 2 is 1.53 bits per heavy atom. The van der Waals surface area contributed by atoms with Gasteiger partial charge in [0.1, 0.15) is 0 Å². The first-order chi connectivity index (χ1) is 7.57. The number of anilines is 1. The lowest BCUT2D eigenvalue weighted by Crippen LogP contribution is -2.19. The third-order valence-electron chi connectivity index (χ3n) is 2.21. The highest BCUT2D eigenvalue weighted by molar-refractivity contribution is 5.52. The van der Waals surface area contributed by atoms with Gasteiger partial charge in [0, 0.05) is 5.69 Å². The maximum Gasteiger partial charge on any atom is 0.417 e. The van der Waals surface area contributed by atoms with E-state index in [9.17, 15) is 26.3 Å². The van der Waals surface area contributed by atoms with E-state index in [1.807, 2.05) is 0 Å². The first kappa shape index (κ1) is 13.7. The summed E-state index contributed by atoms with van der Waals surface area (Å²) in [5.41, 5.74) is 1.01. The number of hydrogen-bond acceptors (Lipinski definition) is 1. The van der Waals surface area contributed by atoms with Crippen molar-refractivity contribution in [3.63, 3.8) is 0 Å². The lowest BCUT2D eigenvalue weighted by molar-refractivity contribution is -0.162. The van der Waals surface area contributed by atoms with Gasteiger partial charge in [0.25, 0.3) is 0 Å². The minimum absolute atomic E-state index is 0.178. The summed E-state index contributed by atoms with van der Waals surface area (Å²) in [6.07, 6.45) is -10.3. The molecule has 0 unspecified atom stereocenters. The van der Waals surface area contributed by atoms with Crippen molar-refractivity contribution < 1.29 is 26.3 Å². The van der Waals surface area contributed by atoms with Gasteiger partial charge in [-0.05, 0) is 24.1 Å². The zero-order valence-corrected chi connectivity index (χ0v) is 8.71. The number of benzene rings is 1. The minimum Gasteiger partial charge on any atom is -0.399 e. The number of aryl methyl sites for hydroxylation is 1. The van der Waals surface area contributed by atoms with Crippen molar-refractivity contribution in [2.45, 2.75) is 25.7 Å². The molecule has 0 aromatic heterocycles. The molecule has 1 nitrogen and oxygen atoms in total. The molecule has 1 rings (SSSR count). The van der Waals surface area contributed by atoms with Gasteiger partial charge in [-0.2, -0.15) is 26.3 Å². The molecule has 0 aliphatic heterocycles. The highest BCUT2D eigenvalue weighted by atomic mass is 19.4. The fourth-order valence-electron chi connectivity index (χ4n) is 1.56. The highest BCUT2D eigenvalue weighted by Crippen LogP contribution is 2.43. The Morgan fingerprint density at radius 1 is 1.00 bits per heavy atom. The predicted molar refractivity (Wildman–Crippen MR) is 50.2 cm³/mol. The summed E-state index contributed by atoms with van der Waals surface area (Å²) in [6, 6.07) is 1.22. The Labute approximate surface area is 93.2 Å². The van der Waals surface area contributed by atoms with Crippen molar-refractivity contribution in [2.75, 3.05) is 5.73 Å². The molecule has 0 bridgehead atoms. The van der Waals surface area contributed by atoms with E-state index in [1.165, 1.54) is 6.92 Å². The fraction of sp³-hybridized carbons (Fsp3) is 0.400. The van der Waals surface area contributed by atoms with Crippen LogP contribution in [0.15, 0.2) is 12.1 Å². The summed E-state index contributed by atoms with van der Waals surface area (Å²) in [5.74, 6) is 0. The largest absolute Gasteiger partial charge is 0.417 e. The monoisotopic (exact) mass is 257 g/mol. The van der Waals surface area contributed by atoms with Gasteiger partial charge in [-0.15, -0.1) is 0 Å². The van der Waals surface area contributed by atoms with E-state index < -0.39 is 29.0 Å². The van der Waals surface area contributed by atoms with Crippen molar-refractivity contribution in [1.82, 2.24) is 0 Å². The summed E-state index contributed by atoms with van der Waals surface area (Å²) in [4.78, 5) is 0. The van der Waals surface area contributed by atoms with Crippen LogP contribution in [-0.2, 0) is 18.8 Å². The molecular weight excluding hydrogens is 248 g/mol. The van der Waals surface area contributed by atoms with Gasteiger partial charge in [0.15, 0.2) is 0 Å². The molecule has 1 aromatic rings. The normalized spacial score (nSPS) is 12.9. The summed E-state index contributed by atoms with van der Waals surface area (Å²) >= 11 is 0. The number of alkyl halides is 6. The van der Waals surface area contributed by atoms with Crippen LogP contribution < -0.4 is 5.73 Å². The number of hydrogen-bond donors (Lipinski definition) is 1. The van der Waals surface area contributed by atoms with Crippen LogP contribution in [0.5, 0.6) is 0 Å². The molecule has 2 N–H and O–H groups in total. The number of rotatable bonds is 1. The van der Waals surface area contributed by atoms with Crippen LogP contribution >= 0.6 is 0 Å². The van der Waals surface area contributed by atoms with E-state index in [4.69, 9.17) is 5.73 Å². The molecule has 1 aromatic carbocycles. The first-order valence-corrected chi connectivity index (χ1v) is 4.64. The standard InChI is InChI=1S/C10H9F6N/c1-2-5-3-6(17)4-7(9(11,12)13)8(5)10(14,15)16/h3-4H,2,17H2,1H3. The average molecular weight is 257 g/mol. The van der Waals surface area contributed by atoms with Gasteiger partial charge in [0.2, 0.25) is 0 Å². The lowest BCUT2D eigenvalue weighted by Gasteiger charge is -2.19. The maximum atomic E-state index is 12.6. The zero-order valence-electron chi connectivity index (χ0n) is 8.71. The molecule has 0 saturated heterocycles. The Kier molecular flexibility index (Phi) is 3.31. The Balaban J connectivity index is 3.63. The highest BCUT2D eigenvalue weighted by Gasteiger charge is 2.44. The zero-order chi connectivity index (χ0) is 13.4. The van der Waals surface area contributed by atoms with Crippen LogP contribution in [-0.4, -0.2) is 0 Å². The first-order valence-electron chi connectivity index (χ1n) is 4.64. The van der Waals surface area contributed by atoms with Crippen LogP contribution in [0.4, 0.5) is 32.0 Å². The number of halogens is 6. The second kappa shape index (κ2) is 4.12. The van der Waals surface area contributed by atoms with Gasteiger partial charge >= 0.3 is 12.4 Å². The number of nitrogens with two attached hydrogens (primary N) is 1. The second-order valence-corrected chi connectivity index (χ2v) is 3.45. The van der Waals surface area contributed by atoms with Crippen LogP contribution in [0.25, 0.3) is 0 Å². The molecule has 7 heteroatoms. The van der Waals surface area contributed by atoms with Gasteiger partial charge < -0.3 is 5.73 Å². The molecule has 0 amide bonds. The van der Waals surface area contributed by atoms with E-state index in [2.05, 4.69) is 0 Å². The minimum atomic E-state index is -5.08. The van der Waals surface area contributed by atoms with Crippen molar-refractivity contribution >= 4 is 5.69 Å². The summed E-state index contributed by atoms with van der Waals surface area (Å²) in [6.45, 7) is 1.34.